The standard InChI is InChI=1S/C16H13F3N2O2/c1-21-14(20-13-5-3-2-4-12(13)15(21)22)10-6-8-11(9-7-10)23-16(17,18)19/h2-9,14,20H,1H3. The first-order valence-electron chi connectivity index (χ1n) is 6.83. The zero-order valence-electron chi connectivity index (χ0n) is 12.1. The topological polar surface area (TPSA) is 41.6 Å². The first-order valence-corrected chi connectivity index (χ1v) is 6.83. The van der Waals surface area contributed by atoms with Crippen LogP contribution in [0.15, 0.2) is 48.5 Å². The number of hydrogen-bond donors (Lipinski definition) is 1. The van der Waals surface area contributed by atoms with E-state index in [-0.39, 0.29) is 11.7 Å². The first-order chi connectivity index (χ1) is 10.8. The highest BCUT2D eigenvalue weighted by molar-refractivity contribution is 6.01. The molecule has 4 nitrogen and oxygen atoms in total. The van der Waals surface area contributed by atoms with Gasteiger partial charge in [-0.05, 0) is 29.8 Å². The van der Waals surface area contributed by atoms with E-state index in [0.29, 0.717) is 16.8 Å². The van der Waals surface area contributed by atoms with Gasteiger partial charge in [0.05, 0.1) is 5.56 Å². The lowest BCUT2D eigenvalue weighted by Crippen LogP contribution is -2.40. The van der Waals surface area contributed by atoms with Crippen LogP contribution in [0.1, 0.15) is 22.1 Å². The molecule has 0 fully saturated rings. The van der Waals surface area contributed by atoms with Crippen LogP contribution in [-0.4, -0.2) is 24.2 Å². The van der Waals surface area contributed by atoms with Crippen LogP contribution < -0.4 is 10.1 Å². The van der Waals surface area contributed by atoms with Gasteiger partial charge in [0, 0.05) is 12.7 Å². The zero-order chi connectivity index (χ0) is 16.6. The van der Waals surface area contributed by atoms with Gasteiger partial charge in [-0.25, -0.2) is 0 Å². The molecule has 0 saturated heterocycles. The molecule has 120 valence electrons. The first kappa shape index (κ1) is 15.2. The van der Waals surface area contributed by atoms with Gasteiger partial charge in [-0.2, -0.15) is 0 Å². The minimum absolute atomic E-state index is 0.153. The third-order valence-corrected chi connectivity index (χ3v) is 3.59. The number of carbonyl (C=O) groups excluding carboxylic acids is 1. The molecule has 1 unspecified atom stereocenters. The summed E-state index contributed by atoms with van der Waals surface area (Å²) in [5.74, 6) is -0.452. The van der Waals surface area contributed by atoms with E-state index in [9.17, 15) is 18.0 Å². The van der Waals surface area contributed by atoms with E-state index in [1.54, 1.807) is 25.2 Å². The number of fused-ring (bicyclic) bond motifs is 1. The number of ether oxygens (including phenoxy) is 1. The SMILES string of the molecule is CN1C(=O)c2ccccc2NC1c1ccc(OC(F)(F)F)cc1. The van der Waals surface area contributed by atoms with Crippen molar-refractivity contribution in [3.8, 4) is 5.75 Å². The van der Waals surface area contributed by atoms with E-state index in [1.807, 2.05) is 6.07 Å². The molecule has 1 amide bonds. The molecule has 2 aromatic carbocycles. The molecule has 0 bridgehead atoms. The van der Waals surface area contributed by atoms with Crippen LogP contribution in [0.3, 0.4) is 0 Å². The molecule has 0 aliphatic carbocycles. The highest BCUT2D eigenvalue weighted by Crippen LogP contribution is 2.33. The summed E-state index contributed by atoms with van der Waals surface area (Å²) in [5.41, 5.74) is 1.91. The maximum Gasteiger partial charge on any atom is 0.573 e. The van der Waals surface area contributed by atoms with Gasteiger partial charge < -0.3 is 15.0 Å². The third kappa shape index (κ3) is 3.08. The van der Waals surface area contributed by atoms with Crippen LogP contribution in [0.25, 0.3) is 0 Å². The van der Waals surface area contributed by atoms with E-state index in [1.165, 1.54) is 29.2 Å². The number of nitrogens with zero attached hydrogens (tertiary/aromatic N) is 1. The second-order valence-electron chi connectivity index (χ2n) is 5.13. The average Bonchev–Trinajstić information content (AvgIpc) is 2.50. The molecular formula is C16H13F3N2O2. The van der Waals surface area contributed by atoms with E-state index in [0.717, 1.165) is 0 Å². The van der Waals surface area contributed by atoms with Crippen molar-refractivity contribution in [1.82, 2.24) is 4.90 Å². The van der Waals surface area contributed by atoms with Crippen molar-refractivity contribution in [2.75, 3.05) is 12.4 Å². The normalized spacial score (nSPS) is 17.5. The summed E-state index contributed by atoms with van der Waals surface area (Å²) in [6.45, 7) is 0. The second-order valence-corrected chi connectivity index (χ2v) is 5.13. The predicted molar refractivity (Wildman–Crippen MR) is 78.0 cm³/mol. The number of para-hydroxylation sites is 1. The molecule has 1 aliphatic heterocycles. The number of benzene rings is 2. The van der Waals surface area contributed by atoms with E-state index in [2.05, 4.69) is 10.1 Å². The summed E-state index contributed by atoms with van der Waals surface area (Å²) < 4.78 is 40.4. The Balaban J connectivity index is 1.86. The third-order valence-electron chi connectivity index (χ3n) is 3.59. The Labute approximate surface area is 130 Å². The number of hydrogen-bond acceptors (Lipinski definition) is 3. The van der Waals surface area contributed by atoms with Gasteiger partial charge >= 0.3 is 6.36 Å². The van der Waals surface area contributed by atoms with Crippen LogP contribution >= 0.6 is 0 Å². The smallest absolute Gasteiger partial charge is 0.406 e. The number of carbonyl (C=O) groups is 1. The highest BCUT2D eigenvalue weighted by Gasteiger charge is 2.32. The van der Waals surface area contributed by atoms with Crippen molar-refractivity contribution in [3.05, 3.63) is 59.7 Å². The van der Waals surface area contributed by atoms with Crippen LogP contribution in [0, 0.1) is 0 Å². The molecule has 0 spiro atoms. The van der Waals surface area contributed by atoms with Crippen molar-refractivity contribution in [3.63, 3.8) is 0 Å². The monoisotopic (exact) mass is 322 g/mol. The Morgan fingerprint density at radius 1 is 1.09 bits per heavy atom. The van der Waals surface area contributed by atoms with Crippen molar-refractivity contribution in [2.45, 2.75) is 12.5 Å². The number of nitrogens with one attached hydrogen (secondary N) is 1. The summed E-state index contributed by atoms with van der Waals surface area (Å²) in [6, 6.07) is 12.5. The summed E-state index contributed by atoms with van der Waals surface area (Å²) >= 11 is 0. The molecule has 1 atom stereocenters. The molecule has 0 aromatic heterocycles. The van der Waals surface area contributed by atoms with Gasteiger partial charge in [0.1, 0.15) is 11.9 Å². The lowest BCUT2D eigenvalue weighted by atomic mass is 10.0. The Bertz CT molecular complexity index is 729. The molecular weight excluding hydrogens is 309 g/mol. The van der Waals surface area contributed by atoms with Crippen LogP contribution in [0.5, 0.6) is 5.75 Å². The summed E-state index contributed by atoms with van der Waals surface area (Å²) in [7, 11) is 1.63. The fraction of sp³-hybridized carbons (Fsp3) is 0.188. The van der Waals surface area contributed by atoms with Crippen LogP contribution in [0.4, 0.5) is 18.9 Å². The number of anilines is 1. The molecule has 2 aromatic rings. The van der Waals surface area contributed by atoms with Crippen molar-refractivity contribution in [1.29, 1.82) is 0 Å². The zero-order valence-corrected chi connectivity index (χ0v) is 12.1. The van der Waals surface area contributed by atoms with Gasteiger partial charge in [0.15, 0.2) is 0 Å². The minimum atomic E-state index is -4.73. The fourth-order valence-corrected chi connectivity index (χ4v) is 2.51. The lowest BCUT2D eigenvalue weighted by Gasteiger charge is -2.35. The average molecular weight is 322 g/mol. The van der Waals surface area contributed by atoms with E-state index < -0.39 is 12.5 Å². The number of amides is 1. The Kier molecular flexibility index (Phi) is 3.63. The van der Waals surface area contributed by atoms with Gasteiger partial charge in [0.2, 0.25) is 0 Å². The molecule has 3 rings (SSSR count). The molecule has 7 heteroatoms. The molecule has 1 heterocycles. The van der Waals surface area contributed by atoms with Gasteiger partial charge in [0.25, 0.3) is 5.91 Å². The summed E-state index contributed by atoms with van der Waals surface area (Å²) in [6.07, 6.45) is -5.19. The Hall–Kier alpha value is -2.70. The second kappa shape index (κ2) is 5.49. The predicted octanol–water partition coefficient (Wildman–Crippen LogP) is 3.78. The molecule has 23 heavy (non-hydrogen) atoms. The maximum atomic E-state index is 12.4. The van der Waals surface area contributed by atoms with Crippen molar-refractivity contribution >= 4 is 11.6 Å². The fourth-order valence-electron chi connectivity index (χ4n) is 2.51. The number of alkyl halides is 3. The summed E-state index contributed by atoms with van der Waals surface area (Å²) in [4.78, 5) is 13.9. The van der Waals surface area contributed by atoms with Crippen LogP contribution in [-0.2, 0) is 0 Å². The maximum absolute atomic E-state index is 12.4. The Morgan fingerprint density at radius 3 is 2.39 bits per heavy atom. The molecule has 0 saturated carbocycles. The number of rotatable bonds is 2. The van der Waals surface area contributed by atoms with Crippen molar-refractivity contribution < 1.29 is 22.7 Å². The Morgan fingerprint density at radius 2 is 1.74 bits per heavy atom. The largest absolute Gasteiger partial charge is 0.573 e. The molecule has 1 aliphatic rings. The van der Waals surface area contributed by atoms with Gasteiger partial charge in [-0.15, -0.1) is 13.2 Å². The van der Waals surface area contributed by atoms with Gasteiger partial charge in [-0.1, -0.05) is 24.3 Å². The molecule has 1 N–H and O–H groups in total. The van der Waals surface area contributed by atoms with Gasteiger partial charge in [-0.3, -0.25) is 4.79 Å². The molecule has 0 radical (unpaired) electrons. The summed E-state index contributed by atoms with van der Waals surface area (Å²) in [5, 5.41) is 3.20. The highest BCUT2D eigenvalue weighted by atomic mass is 19.4. The quantitative estimate of drug-likeness (QED) is 0.915. The minimum Gasteiger partial charge on any atom is -0.406 e. The number of halogens is 3. The van der Waals surface area contributed by atoms with Crippen LogP contribution in [0.2, 0.25) is 0 Å². The van der Waals surface area contributed by atoms with E-state index >= 15 is 0 Å². The van der Waals surface area contributed by atoms with Crippen molar-refractivity contribution in [2.24, 2.45) is 0 Å². The van der Waals surface area contributed by atoms with E-state index in [4.69, 9.17) is 0 Å². The lowest BCUT2D eigenvalue weighted by molar-refractivity contribution is -0.274.